The highest BCUT2D eigenvalue weighted by atomic mass is 35.5. The van der Waals surface area contributed by atoms with E-state index in [9.17, 15) is 14.7 Å². The molecule has 10 heteroatoms. The maximum absolute atomic E-state index is 13.4. The highest BCUT2D eigenvalue weighted by molar-refractivity contribution is 6.33. The van der Waals surface area contributed by atoms with Gasteiger partial charge in [-0.3, -0.25) is 19.5 Å². The van der Waals surface area contributed by atoms with Crippen molar-refractivity contribution in [2.24, 2.45) is 0 Å². The third-order valence-corrected chi connectivity index (χ3v) is 6.76. The monoisotopic (exact) mass is 485 g/mol. The number of amides is 2. The normalized spacial score (nSPS) is 23.0. The fourth-order valence-electron chi connectivity index (χ4n) is 4.84. The molecule has 2 amide bonds. The molecule has 0 radical (unpaired) electrons. The van der Waals surface area contributed by atoms with Crippen LogP contribution in [0.4, 0.5) is 5.69 Å². The number of likely N-dealkylation sites (tertiary alicyclic amines) is 1. The molecule has 4 heterocycles. The molecule has 0 aliphatic carbocycles. The molecule has 2 aliphatic rings. The average molecular weight is 486 g/mol. The van der Waals surface area contributed by atoms with Crippen LogP contribution in [0.25, 0.3) is 21.8 Å². The average Bonchev–Trinajstić information content (AvgIpc) is 3.37. The number of fused-ring (bicyclic) bond motifs is 3. The number of aromatic amines is 1. The SMILES string of the molecule is CC1(C)CN(CC(=O)N2CC[C@@H](O)C2)[C@H](C(=O)Nc2cc(Cl)cc3c2[nH]c2cnccc23)CO1. The van der Waals surface area contributed by atoms with Gasteiger partial charge < -0.3 is 25.0 Å². The van der Waals surface area contributed by atoms with Crippen LogP contribution in [0.3, 0.4) is 0 Å². The Morgan fingerprint density at radius 3 is 2.94 bits per heavy atom. The predicted octanol–water partition coefficient (Wildman–Crippen LogP) is 2.38. The van der Waals surface area contributed by atoms with Crippen LogP contribution in [-0.4, -0.2) is 87.2 Å². The van der Waals surface area contributed by atoms with Gasteiger partial charge in [0.15, 0.2) is 0 Å². The van der Waals surface area contributed by atoms with Crippen LogP contribution < -0.4 is 5.32 Å². The van der Waals surface area contributed by atoms with Gasteiger partial charge in [0.05, 0.1) is 47.8 Å². The molecule has 0 saturated carbocycles. The molecule has 0 unspecified atom stereocenters. The number of nitrogens with one attached hydrogen (secondary N) is 2. The van der Waals surface area contributed by atoms with E-state index in [-0.39, 0.29) is 25.0 Å². The Kier molecular flexibility index (Phi) is 5.97. The molecule has 34 heavy (non-hydrogen) atoms. The topological polar surface area (TPSA) is 111 Å². The van der Waals surface area contributed by atoms with E-state index in [1.165, 1.54) is 0 Å². The summed E-state index contributed by atoms with van der Waals surface area (Å²) in [6, 6.07) is 4.81. The van der Waals surface area contributed by atoms with Crippen molar-refractivity contribution in [3.63, 3.8) is 0 Å². The highest BCUT2D eigenvalue weighted by Gasteiger charge is 2.39. The Balaban J connectivity index is 1.40. The van der Waals surface area contributed by atoms with Crippen LogP contribution in [0.15, 0.2) is 30.6 Å². The second-order valence-corrected chi connectivity index (χ2v) is 10.1. The number of β-amino-alcohol motifs (C(OH)–C–C–N with tert-alkyl or cyclic N) is 1. The van der Waals surface area contributed by atoms with E-state index in [1.807, 2.05) is 30.9 Å². The van der Waals surface area contributed by atoms with Gasteiger partial charge in [-0.1, -0.05) is 11.6 Å². The lowest BCUT2D eigenvalue weighted by molar-refractivity contribution is -0.150. The number of carbonyl (C=O) groups is 2. The molecule has 2 atom stereocenters. The third-order valence-electron chi connectivity index (χ3n) is 6.55. The number of rotatable bonds is 4. The summed E-state index contributed by atoms with van der Waals surface area (Å²) in [6.07, 6.45) is 3.54. The highest BCUT2D eigenvalue weighted by Crippen LogP contribution is 2.33. The van der Waals surface area contributed by atoms with Gasteiger partial charge in [-0.05, 0) is 38.5 Å². The lowest BCUT2D eigenvalue weighted by Gasteiger charge is -2.42. The van der Waals surface area contributed by atoms with Gasteiger partial charge in [0.1, 0.15) is 6.04 Å². The molecule has 2 aliphatic heterocycles. The summed E-state index contributed by atoms with van der Waals surface area (Å²) in [7, 11) is 0. The maximum Gasteiger partial charge on any atom is 0.244 e. The zero-order valence-corrected chi connectivity index (χ0v) is 19.9. The molecule has 1 aromatic carbocycles. The van der Waals surface area contributed by atoms with E-state index in [4.69, 9.17) is 16.3 Å². The van der Waals surface area contributed by atoms with Crippen molar-refractivity contribution in [3.05, 3.63) is 35.6 Å². The Hall–Kier alpha value is -2.72. The quantitative estimate of drug-likeness (QED) is 0.523. The zero-order chi connectivity index (χ0) is 24.0. The minimum atomic E-state index is -0.649. The molecule has 5 rings (SSSR count). The number of anilines is 1. The first-order valence-electron chi connectivity index (χ1n) is 11.4. The van der Waals surface area contributed by atoms with Crippen LogP contribution >= 0.6 is 11.6 Å². The van der Waals surface area contributed by atoms with E-state index in [0.717, 1.165) is 21.8 Å². The second kappa shape index (κ2) is 8.81. The number of pyridine rings is 1. The van der Waals surface area contributed by atoms with Crippen molar-refractivity contribution >= 4 is 50.9 Å². The number of carbonyl (C=O) groups excluding carboxylic acids is 2. The molecule has 3 N–H and O–H groups in total. The zero-order valence-electron chi connectivity index (χ0n) is 19.2. The van der Waals surface area contributed by atoms with Crippen LogP contribution in [0, 0.1) is 0 Å². The summed E-state index contributed by atoms with van der Waals surface area (Å²) in [5, 5.41) is 15.2. The number of ether oxygens (including phenoxy) is 1. The molecule has 2 fully saturated rings. The van der Waals surface area contributed by atoms with E-state index in [1.54, 1.807) is 23.4 Å². The number of aliphatic hydroxyl groups is 1. The number of morpholine rings is 1. The van der Waals surface area contributed by atoms with E-state index >= 15 is 0 Å². The number of hydrogen-bond donors (Lipinski definition) is 3. The lowest BCUT2D eigenvalue weighted by Crippen LogP contribution is -2.60. The van der Waals surface area contributed by atoms with Crippen LogP contribution in [-0.2, 0) is 14.3 Å². The first-order chi connectivity index (χ1) is 16.2. The van der Waals surface area contributed by atoms with Crippen molar-refractivity contribution in [3.8, 4) is 0 Å². The predicted molar refractivity (Wildman–Crippen MR) is 130 cm³/mol. The Morgan fingerprint density at radius 1 is 1.35 bits per heavy atom. The van der Waals surface area contributed by atoms with Gasteiger partial charge >= 0.3 is 0 Å². The third kappa shape index (κ3) is 4.48. The van der Waals surface area contributed by atoms with E-state index in [2.05, 4.69) is 15.3 Å². The smallest absolute Gasteiger partial charge is 0.244 e. The summed E-state index contributed by atoms with van der Waals surface area (Å²) >= 11 is 6.38. The number of nitrogens with zero attached hydrogens (tertiary/aromatic N) is 3. The number of benzene rings is 1. The van der Waals surface area contributed by atoms with Crippen molar-refractivity contribution in [2.45, 2.75) is 38.0 Å². The molecule has 3 aromatic rings. The van der Waals surface area contributed by atoms with Crippen molar-refractivity contribution in [1.82, 2.24) is 19.8 Å². The van der Waals surface area contributed by atoms with Crippen molar-refractivity contribution < 1.29 is 19.4 Å². The fourth-order valence-corrected chi connectivity index (χ4v) is 5.05. The summed E-state index contributed by atoms with van der Waals surface area (Å²) in [5.74, 6) is -0.370. The van der Waals surface area contributed by atoms with Gasteiger partial charge in [-0.15, -0.1) is 0 Å². The molecular weight excluding hydrogens is 458 g/mol. The summed E-state index contributed by atoms with van der Waals surface area (Å²) < 4.78 is 5.94. The van der Waals surface area contributed by atoms with Crippen LogP contribution in [0.1, 0.15) is 20.3 Å². The summed E-state index contributed by atoms with van der Waals surface area (Å²) in [6.45, 7) is 5.42. The second-order valence-electron chi connectivity index (χ2n) is 9.69. The van der Waals surface area contributed by atoms with Gasteiger partial charge in [0.2, 0.25) is 11.8 Å². The number of halogens is 1. The minimum absolute atomic E-state index is 0.0839. The Bertz CT molecular complexity index is 1260. The van der Waals surface area contributed by atoms with Gasteiger partial charge in [0, 0.05) is 41.6 Å². The molecule has 0 bridgehead atoms. The number of aliphatic hydroxyl groups excluding tert-OH is 1. The van der Waals surface area contributed by atoms with Crippen LogP contribution in [0.2, 0.25) is 5.02 Å². The number of H-pyrrole nitrogens is 1. The largest absolute Gasteiger partial charge is 0.391 e. The summed E-state index contributed by atoms with van der Waals surface area (Å²) in [5.41, 5.74) is 1.67. The van der Waals surface area contributed by atoms with Crippen molar-refractivity contribution in [1.29, 1.82) is 0 Å². The number of aromatic nitrogens is 2. The van der Waals surface area contributed by atoms with E-state index in [0.29, 0.717) is 36.8 Å². The lowest BCUT2D eigenvalue weighted by atomic mass is 10.0. The molecule has 2 aromatic heterocycles. The Morgan fingerprint density at radius 2 is 2.18 bits per heavy atom. The van der Waals surface area contributed by atoms with E-state index < -0.39 is 17.7 Å². The van der Waals surface area contributed by atoms with Gasteiger partial charge in [-0.2, -0.15) is 0 Å². The first kappa shape index (κ1) is 23.0. The summed E-state index contributed by atoms with van der Waals surface area (Å²) in [4.78, 5) is 37.3. The molecule has 2 saturated heterocycles. The minimum Gasteiger partial charge on any atom is -0.391 e. The molecular formula is C24H28ClN5O4. The fraction of sp³-hybridized carbons (Fsp3) is 0.458. The molecule has 0 spiro atoms. The first-order valence-corrected chi connectivity index (χ1v) is 11.8. The van der Waals surface area contributed by atoms with Crippen LogP contribution in [0.5, 0.6) is 0 Å². The standard InChI is InChI=1S/C24H28ClN5O4/c1-24(2)13-30(11-21(32)29-6-4-15(31)10-29)20(12-34-24)23(33)28-18-8-14(25)7-17-16-3-5-26-9-19(16)27-22(17)18/h3,5,7-9,15,20,27,31H,4,6,10-13H2,1-2H3,(H,28,33)/t15-,20+/m1/s1. The molecule has 9 nitrogen and oxygen atoms in total. The Labute approximate surface area is 202 Å². The van der Waals surface area contributed by atoms with Crippen molar-refractivity contribution in [2.75, 3.05) is 38.1 Å². The van der Waals surface area contributed by atoms with Gasteiger partial charge in [-0.25, -0.2) is 0 Å². The van der Waals surface area contributed by atoms with Gasteiger partial charge in [0.25, 0.3) is 0 Å². The maximum atomic E-state index is 13.4. The number of hydrogen-bond acceptors (Lipinski definition) is 6. The molecule has 180 valence electrons.